The second-order valence-electron chi connectivity index (χ2n) is 4.53. The van der Waals surface area contributed by atoms with Crippen molar-refractivity contribution in [3.63, 3.8) is 0 Å². The van der Waals surface area contributed by atoms with Gasteiger partial charge in [-0.05, 0) is 25.0 Å². The Labute approximate surface area is 111 Å². The maximum absolute atomic E-state index is 11.9. The summed E-state index contributed by atoms with van der Waals surface area (Å²) in [7, 11) is -3.54. The summed E-state index contributed by atoms with van der Waals surface area (Å²) in [4.78, 5) is 16.1. The molecule has 0 aliphatic carbocycles. The molecule has 0 spiro atoms. The van der Waals surface area contributed by atoms with Crippen LogP contribution in [0, 0.1) is 0 Å². The fourth-order valence-electron chi connectivity index (χ4n) is 2.26. The van der Waals surface area contributed by atoms with Crippen molar-refractivity contribution in [3.8, 4) is 0 Å². The molecule has 1 saturated heterocycles. The summed E-state index contributed by atoms with van der Waals surface area (Å²) in [6.45, 7) is 0.655. The summed E-state index contributed by atoms with van der Waals surface area (Å²) in [6, 6.07) is 6.11. The number of benzene rings is 1. The highest BCUT2D eigenvalue weighted by atomic mass is 32.2. The highest BCUT2D eigenvalue weighted by Gasteiger charge is 2.32. The maximum Gasteiger partial charge on any atom is 0.263 e. The smallest absolute Gasteiger partial charge is 0.263 e. The molecule has 0 radical (unpaired) electrons. The van der Waals surface area contributed by atoms with Gasteiger partial charge in [0.15, 0.2) is 0 Å². The van der Waals surface area contributed by atoms with E-state index in [0.717, 1.165) is 6.42 Å². The van der Waals surface area contributed by atoms with Crippen molar-refractivity contribution in [2.75, 3.05) is 6.54 Å². The molecular weight excluding hydrogens is 266 g/mol. The topological polar surface area (TPSA) is 87.6 Å². The van der Waals surface area contributed by atoms with Crippen LogP contribution in [0.3, 0.4) is 0 Å². The summed E-state index contributed by atoms with van der Waals surface area (Å²) >= 11 is 0. The van der Waals surface area contributed by atoms with Crippen molar-refractivity contribution in [1.29, 1.82) is 0 Å². The van der Waals surface area contributed by atoms with E-state index in [0.29, 0.717) is 18.5 Å². The molecule has 2 aliphatic rings. The largest absolute Gasteiger partial charge is 0.354 e. The van der Waals surface area contributed by atoms with E-state index in [4.69, 9.17) is 0 Å². The summed E-state index contributed by atoms with van der Waals surface area (Å²) in [5.74, 6) is 0.111. The minimum absolute atomic E-state index is 0.151. The van der Waals surface area contributed by atoms with Crippen LogP contribution in [0.5, 0.6) is 0 Å². The molecule has 2 heterocycles. The Kier molecular flexibility index (Phi) is 2.78. The highest BCUT2D eigenvalue weighted by molar-refractivity contribution is 7.90. The van der Waals surface area contributed by atoms with E-state index in [1.807, 2.05) is 0 Å². The monoisotopic (exact) mass is 279 g/mol. The molecule has 1 aromatic carbocycles. The lowest BCUT2D eigenvalue weighted by Gasteiger charge is -2.18. The van der Waals surface area contributed by atoms with Gasteiger partial charge in [0, 0.05) is 12.1 Å². The predicted molar refractivity (Wildman–Crippen MR) is 69.3 cm³/mol. The van der Waals surface area contributed by atoms with Crippen molar-refractivity contribution in [2.24, 2.45) is 4.99 Å². The number of amidine groups is 1. The van der Waals surface area contributed by atoms with Crippen LogP contribution >= 0.6 is 0 Å². The minimum Gasteiger partial charge on any atom is -0.354 e. The van der Waals surface area contributed by atoms with Gasteiger partial charge in [0.2, 0.25) is 5.91 Å². The fourth-order valence-corrected chi connectivity index (χ4v) is 3.50. The van der Waals surface area contributed by atoms with Gasteiger partial charge in [-0.2, -0.15) is 0 Å². The molecule has 2 N–H and O–H groups in total. The van der Waals surface area contributed by atoms with Gasteiger partial charge in [-0.3, -0.25) is 14.5 Å². The van der Waals surface area contributed by atoms with Gasteiger partial charge in [-0.15, -0.1) is 0 Å². The van der Waals surface area contributed by atoms with Crippen LogP contribution in [0.1, 0.15) is 18.4 Å². The predicted octanol–water partition coefficient (Wildman–Crippen LogP) is 0.00370. The van der Waals surface area contributed by atoms with E-state index < -0.39 is 16.1 Å². The average Bonchev–Trinajstić information content (AvgIpc) is 2.65. The van der Waals surface area contributed by atoms with Crippen molar-refractivity contribution < 1.29 is 13.2 Å². The molecule has 1 unspecified atom stereocenters. The number of hydrogen-bond acceptors (Lipinski definition) is 4. The van der Waals surface area contributed by atoms with E-state index in [1.54, 1.807) is 18.2 Å². The first kappa shape index (κ1) is 12.2. The van der Waals surface area contributed by atoms with E-state index in [2.05, 4.69) is 15.0 Å². The molecule has 19 heavy (non-hydrogen) atoms. The van der Waals surface area contributed by atoms with Gasteiger partial charge in [0.25, 0.3) is 10.0 Å². The van der Waals surface area contributed by atoms with Gasteiger partial charge >= 0.3 is 0 Å². The number of piperidine rings is 1. The lowest BCUT2D eigenvalue weighted by atomic mass is 10.1. The Morgan fingerprint density at radius 2 is 2.05 bits per heavy atom. The normalized spacial score (nSPS) is 26.6. The standard InChI is InChI=1S/C12H13N3O3S/c16-12-9(5-3-7-13-12)14-11-8-4-1-2-6-10(8)19(17,18)15-11/h1-2,4,6,9H,3,5,7H2,(H,13,16)(H,14,15). The molecular formula is C12H13N3O3S. The quantitative estimate of drug-likeness (QED) is 0.758. The Bertz CT molecular complexity index is 667. The second-order valence-corrected chi connectivity index (χ2v) is 6.18. The summed E-state index contributed by atoms with van der Waals surface area (Å²) in [5, 5.41) is 2.73. The summed E-state index contributed by atoms with van der Waals surface area (Å²) in [6.07, 6.45) is 1.49. The summed E-state index contributed by atoms with van der Waals surface area (Å²) in [5.41, 5.74) is 0.529. The molecule has 2 aliphatic heterocycles. The van der Waals surface area contributed by atoms with Crippen LogP contribution in [0.15, 0.2) is 34.2 Å². The molecule has 6 nitrogen and oxygen atoms in total. The Balaban J connectivity index is 2.01. The zero-order valence-electron chi connectivity index (χ0n) is 10.1. The second kappa shape index (κ2) is 4.34. The molecule has 1 amide bonds. The first-order valence-corrected chi connectivity index (χ1v) is 7.54. The molecule has 0 bridgehead atoms. The number of carbonyl (C=O) groups is 1. The highest BCUT2D eigenvalue weighted by Crippen LogP contribution is 2.23. The molecule has 1 fully saturated rings. The van der Waals surface area contributed by atoms with Crippen LogP contribution in [0.2, 0.25) is 0 Å². The number of rotatable bonds is 1. The number of hydrogen-bond donors (Lipinski definition) is 2. The Hall–Kier alpha value is -1.89. The first-order valence-electron chi connectivity index (χ1n) is 6.06. The van der Waals surface area contributed by atoms with Crippen molar-refractivity contribution in [2.45, 2.75) is 23.8 Å². The Morgan fingerprint density at radius 3 is 2.84 bits per heavy atom. The van der Waals surface area contributed by atoms with Gasteiger partial charge < -0.3 is 5.32 Å². The fraction of sp³-hybridized carbons (Fsp3) is 0.333. The summed E-state index contributed by atoms with van der Waals surface area (Å²) < 4.78 is 26.2. The zero-order chi connectivity index (χ0) is 13.5. The lowest BCUT2D eigenvalue weighted by molar-refractivity contribution is -0.123. The molecule has 1 atom stereocenters. The number of nitrogens with zero attached hydrogens (tertiary/aromatic N) is 1. The molecule has 7 heteroatoms. The Morgan fingerprint density at radius 1 is 1.26 bits per heavy atom. The van der Waals surface area contributed by atoms with Gasteiger partial charge in [0.05, 0.1) is 4.90 Å². The number of carbonyl (C=O) groups excluding carboxylic acids is 1. The third-order valence-electron chi connectivity index (χ3n) is 3.20. The van der Waals surface area contributed by atoms with Crippen LogP contribution in [0.25, 0.3) is 0 Å². The number of nitrogens with one attached hydrogen (secondary N) is 2. The average molecular weight is 279 g/mol. The third kappa shape index (κ3) is 2.10. The molecule has 100 valence electrons. The van der Waals surface area contributed by atoms with Crippen LogP contribution in [-0.4, -0.2) is 32.7 Å². The van der Waals surface area contributed by atoms with E-state index in [1.165, 1.54) is 6.07 Å². The van der Waals surface area contributed by atoms with Crippen LogP contribution in [0.4, 0.5) is 0 Å². The lowest BCUT2D eigenvalue weighted by Crippen LogP contribution is -2.40. The first-order chi connectivity index (χ1) is 9.08. The third-order valence-corrected chi connectivity index (χ3v) is 4.60. The van der Waals surface area contributed by atoms with Crippen LogP contribution < -0.4 is 10.0 Å². The number of sulfonamides is 1. The van der Waals surface area contributed by atoms with E-state index >= 15 is 0 Å². The molecule has 1 aromatic rings. The van der Waals surface area contributed by atoms with Gasteiger partial charge in [-0.25, -0.2) is 8.42 Å². The van der Waals surface area contributed by atoms with Gasteiger partial charge in [0.1, 0.15) is 11.9 Å². The molecule has 3 rings (SSSR count). The SMILES string of the molecule is O=C1NCCCC1N=C1NS(=O)(=O)c2ccccc21. The molecule has 0 saturated carbocycles. The maximum atomic E-state index is 11.9. The van der Waals surface area contributed by atoms with E-state index in [-0.39, 0.29) is 16.6 Å². The van der Waals surface area contributed by atoms with Gasteiger partial charge in [-0.1, -0.05) is 12.1 Å². The number of amides is 1. The van der Waals surface area contributed by atoms with E-state index in [9.17, 15) is 13.2 Å². The zero-order valence-corrected chi connectivity index (χ0v) is 10.9. The molecule has 0 aromatic heterocycles. The van der Waals surface area contributed by atoms with Crippen molar-refractivity contribution >= 4 is 21.8 Å². The van der Waals surface area contributed by atoms with Crippen molar-refractivity contribution in [3.05, 3.63) is 29.8 Å². The van der Waals surface area contributed by atoms with Crippen molar-refractivity contribution in [1.82, 2.24) is 10.0 Å². The minimum atomic E-state index is -3.54. The number of aliphatic imine (C=N–C) groups is 1. The van der Waals surface area contributed by atoms with Crippen LogP contribution in [-0.2, 0) is 14.8 Å². The number of fused-ring (bicyclic) bond motifs is 1.